The van der Waals surface area contributed by atoms with Gasteiger partial charge in [0, 0.05) is 20.1 Å². The van der Waals surface area contributed by atoms with E-state index < -0.39 is 17.2 Å². The lowest BCUT2D eigenvalue weighted by Crippen LogP contribution is -2.57. The topological polar surface area (TPSA) is 105 Å². The van der Waals surface area contributed by atoms with Gasteiger partial charge in [0.2, 0.25) is 0 Å². The minimum atomic E-state index is -0.532. The van der Waals surface area contributed by atoms with E-state index in [1.54, 1.807) is 0 Å². The number of rotatable bonds is 8. The summed E-state index contributed by atoms with van der Waals surface area (Å²) in [6.45, 7) is 15.3. The predicted octanol–water partition coefficient (Wildman–Crippen LogP) is 2.26. The maximum atomic E-state index is 12.3. The molecular weight excluding hydrogens is 358 g/mol. The van der Waals surface area contributed by atoms with Crippen LogP contribution in [0.3, 0.4) is 0 Å². The highest BCUT2D eigenvalue weighted by Gasteiger charge is 2.30. The molecule has 0 aliphatic carbocycles. The Balaban J connectivity index is 2.81. The summed E-state index contributed by atoms with van der Waals surface area (Å²) >= 11 is 0. The molecule has 1 rings (SSSR count). The number of hydrogen-bond acceptors (Lipinski definition) is 5. The van der Waals surface area contributed by atoms with Gasteiger partial charge in [-0.3, -0.25) is 0 Å². The molecule has 9 heteroatoms. The van der Waals surface area contributed by atoms with Gasteiger partial charge in [0.1, 0.15) is 18.0 Å². The number of aliphatic imine (C=N–C) groups is 1. The molecule has 1 amide bonds. The third-order valence-corrected chi connectivity index (χ3v) is 4.62. The molecule has 1 aromatic rings. The van der Waals surface area contributed by atoms with E-state index in [1.165, 1.54) is 0 Å². The molecule has 0 atom stereocenters. The lowest BCUT2D eigenvalue weighted by molar-refractivity contribution is 0.0448. The number of ether oxygens (including phenoxy) is 1. The standard InChI is InChI=1S/C19H37N7O2/c1-9-19(10-2,23-17(27)28-18(5,6)7)13-22-16(20-11-3)21-12-15-25-24-14(4)26(15)8/h9-13H2,1-8H3,(H,23,27)(H2,20,21,22). The number of carbonyl (C=O) groups excluding carboxylic acids is 1. The molecular formula is C19H37N7O2. The third-order valence-electron chi connectivity index (χ3n) is 4.62. The number of alkyl carbamates (subject to hydrolysis) is 1. The molecule has 0 saturated heterocycles. The van der Waals surface area contributed by atoms with E-state index in [1.807, 2.05) is 46.2 Å². The Hall–Kier alpha value is -2.32. The molecule has 160 valence electrons. The zero-order chi connectivity index (χ0) is 21.4. The molecule has 1 heterocycles. The van der Waals surface area contributed by atoms with Gasteiger partial charge in [-0.2, -0.15) is 0 Å². The second kappa shape index (κ2) is 10.3. The Kier molecular flexibility index (Phi) is 8.71. The summed E-state index contributed by atoms with van der Waals surface area (Å²) in [7, 11) is 1.92. The molecule has 0 spiro atoms. The van der Waals surface area contributed by atoms with E-state index in [-0.39, 0.29) is 0 Å². The fraction of sp³-hybridized carbons (Fsp3) is 0.789. The molecule has 28 heavy (non-hydrogen) atoms. The Morgan fingerprint density at radius 3 is 2.25 bits per heavy atom. The van der Waals surface area contributed by atoms with Gasteiger partial charge in [-0.15, -0.1) is 10.2 Å². The fourth-order valence-electron chi connectivity index (χ4n) is 2.57. The van der Waals surface area contributed by atoms with E-state index in [0.29, 0.717) is 19.0 Å². The van der Waals surface area contributed by atoms with Crippen molar-refractivity contribution in [1.82, 2.24) is 30.7 Å². The average molecular weight is 396 g/mol. The second-order valence-corrected chi connectivity index (χ2v) is 7.89. The molecule has 0 bridgehead atoms. The normalized spacial score (nSPS) is 12.6. The summed E-state index contributed by atoms with van der Waals surface area (Å²) in [6, 6.07) is 0. The maximum absolute atomic E-state index is 12.3. The van der Waals surface area contributed by atoms with Crippen LogP contribution in [0.5, 0.6) is 0 Å². The van der Waals surface area contributed by atoms with Crippen LogP contribution in [-0.2, 0) is 18.3 Å². The van der Waals surface area contributed by atoms with Crippen molar-refractivity contribution in [2.75, 3.05) is 13.1 Å². The van der Waals surface area contributed by atoms with Crippen molar-refractivity contribution in [3.63, 3.8) is 0 Å². The van der Waals surface area contributed by atoms with Crippen molar-refractivity contribution in [2.24, 2.45) is 12.0 Å². The Morgan fingerprint density at radius 1 is 1.14 bits per heavy atom. The third kappa shape index (κ3) is 7.36. The first-order chi connectivity index (χ1) is 13.1. The molecule has 0 aliphatic rings. The van der Waals surface area contributed by atoms with Crippen LogP contribution in [-0.4, -0.2) is 51.0 Å². The van der Waals surface area contributed by atoms with Gasteiger partial charge >= 0.3 is 6.09 Å². The number of nitrogens with zero attached hydrogens (tertiary/aromatic N) is 4. The summed E-state index contributed by atoms with van der Waals surface area (Å²) in [6.07, 6.45) is 1.12. The first-order valence-corrected chi connectivity index (χ1v) is 9.94. The van der Waals surface area contributed by atoms with E-state index in [4.69, 9.17) is 4.74 Å². The van der Waals surface area contributed by atoms with Crippen molar-refractivity contribution < 1.29 is 9.53 Å². The monoisotopic (exact) mass is 395 g/mol. The van der Waals surface area contributed by atoms with Crippen LogP contribution in [0.4, 0.5) is 4.79 Å². The zero-order valence-corrected chi connectivity index (χ0v) is 18.6. The van der Waals surface area contributed by atoms with Gasteiger partial charge in [0.25, 0.3) is 0 Å². The molecule has 0 fully saturated rings. The van der Waals surface area contributed by atoms with Gasteiger partial charge in [-0.25, -0.2) is 9.79 Å². The molecule has 9 nitrogen and oxygen atoms in total. The van der Waals surface area contributed by atoms with Gasteiger partial charge in [-0.1, -0.05) is 13.8 Å². The van der Waals surface area contributed by atoms with Gasteiger partial charge in [-0.05, 0) is 47.5 Å². The fourth-order valence-corrected chi connectivity index (χ4v) is 2.57. The molecule has 0 saturated carbocycles. The first-order valence-electron chi connectivity index (χ1n) is 9.94. The summed E-state index contributed by atoms with van der Waals surface area (Å²) in [5, 5.41) is 17.8. The van der Waals surface area contributed by atoms with E-state index >= 15 is 0 Å². The van der Waals surface area contributed by atoms with Crippen LogP contribution in [0.1, 0.15) is 66.0 Å². The molecule has 3 N–H and O–H groups in total. The van der Waals surface area contributed by atoms with E-state index in [9.17, 15) is 4.79 Å². The quantitative estimate of drug-likeness (QED) is 0.461. The minimum absolute atomic E-state index is 0.408. The molecule has 1 aromatic heterocycles. The van der Waals surface area contributed by atoms with E-state index in [0.717, 1.165) is 31.0 Å². The highest BCUT2D eigenvalue weighted by molar-refractivity contribution is 5.80. The van der Waals surface area contributed by atoms with Crippen LogP contribution < -0.4 is 16.0 Å². The van der Waals surface area contributed by atoms with Gasteiger partial charge < -0.3 is 25.3 Å². The number of aromatic nitrogens is 3. The number of aryl methyl sites for hydroxylation is 1. The van der Waals surface area contributed by atoms with Crippen molar-refractivity contribution in [1.29, 1.82) is 0 Å². The predicted molar refractivity (Wildman–Crippen MR) is 111 cm³/mol. The van der Waals surface area contributed by atoms with E-state index in [2.05, 4.69) is 45.0 Å². The summed E-state index contributed by atoms with van der Waals surface area (Å²) in [5.74, 6) is 2.31. The first kappa shape index (κ1) is 23.7. The molecule has 0 unspecified atom stereocenters. The Bertz CT molecular complexity index is 658. The van der Waals surface area contributed by atoms with Gasteiger partial charge in [0.15, 0.2) is 11.8 Å². The Morgan fingerprint density at radius 2 is 1.79 bits per heavy atom. The highest BCUT2D eigenvalue weighted by Crippen LogP contribution is 2.16. The van der Waals surface area contributed by atoms with Crippen LogP contribution in [0.2, 0.25) is 0 Å². The average Bonchev–Trinajstić information content (AvgIpc) is 2.93. The number of guanidine groups is 1. The van der Waals surface area contributed by atoms with Crippen LogP contribution in [0.15, 0.2) is 4.99 Å². The largest absolute Gasteiger partial charge is 0.444 e. The SMILES string of the molecule is CCNC(=NCc1nnc(C)n1C)NCC(CC)(CC)NC(=O)OC(C)(C)C. The van der Waals surface area contributed by atoms with Crippen molar-refractivity contribution in [2.45, 2.75) is 79.0 Å². The van der Waals surface area contributed by atoms with Crippen molar-refractivity contribution >= 4 is 12.1 Å². The van der Waals surface area contributed by atoms with Crippen LogP contribution in [0.25, 0.3) is 0 Å². The summed E-state index contributed by atoms with van der Waals surface area (Å²) < 4.78 is 7.35. The number of amides is 1. The number of nitrogens with one attached hydrogen (secondary N) is 3. The molecule has 0 radical (unpaired) electrons. The molecule has 0 aliphatic heterocycles. The minimum Gasteiger partial charge on any atom is -0.444 e. The summed E-state index contributed by atoms with van der Waals surface area (Å²) in [4.78, 5) is 16.9. The lowest BCUT2D eigenvalue weighted by atomic mass is 9.93. The zero-order valence-electron chi connectivity index (χ0n) is 18.6. The van der Waals surface area contributed by atoms with Crippen LogP contribution >= 0.6 is 0 Å². The molecule has 0 aromatic carbocycles. The summed E-state index contributed by atoms with van der Waals surface area (Å²) in [5.41, 5.74) is -0.963. The second-order valence-electron chi connectivity index (χ2n) is 7.89. The van der Waals surface area contributed by atoms with Crippen LogP contribution in [0, 0.1) is 6.92 Å². The highest BCUT2D eigenvalue weighted by atomic mass is 16.6. The lowest BCUT2D eigenvalue weighted by Gasteiger charge is -2.34. The van der Waals surface area contributed by atoms with Crippen molar-refractivity contribution in [3.8, 4) is 0 Å². The Labute approximate surface area is 168 Å². The van der Waals surface area contributed by atoms with Gasteiger partial charge in [0.05, 0.1) is 5.54 Å². The maximum Gasteiger partial charge on any atom is 0.408 e. The van der Waals surface area contributed by atoms with Crippen molar-refractivity contribution in [3.05, 3.63) is 11.6 Å². The number of hydrogen-bond donors (Lipinski definition) is 3. The smallest absolute Gasteiger partial charge is 0.408 e. The number of carbonyl (C=O) groups is 1.